The highest BCUT2D eigenvalue weighted by Gasteiger charge is 2.34. The van der Waals surface area contributed by atoms with Crippen LogP contribution in [0.25, 0.3) is 0 Å². The first kappa shape index (κ1) is 28.4. The maximum atomic E-state index is 13.4. The minimum atomic E-state index is -3.84. The molecule has 2 amide bonds. The number of piperidine rings is 1. The van der Waals surface area contributed by atoms with E-state index in [-0.39, 0.29) is 41.5 Å². The van der Waals surface area contributed by atoms with Crippen molar-refractivity contribution in [2.24, 2.45) is 5.92 Å². The van der Waals surface area contributed by atoms with Gasteiger partial charge >= 0.3 is 0 Å². The molecule has 0 radical (unpaired) electrons. The van der Waals surface area contributed by atoms with Gasteiger partial charge in [0.25, 0.3) is 5.91 Å². The molecule has 0 aliphatic carbocycles. The zero-order chi connectivity index (χ0) is 29.1. The second-order valence-corrected chi connectivity index (χ2v) is 11.9. The molecule has 3 aromatic rings. The molecule has 1 fully saturated rings. The Morgan fingerprint density at radius 3 is 2.17 bits per heavy atom. The molecule has 0 bridgehead atoms. The second-order valence-electron chi connectivity index (χ2n) is 9.96. The first-order valence-corrected chi connectivity index (χ1v) is 14.8. The van der Waals surface area contributed by atoms with Crippen molar-refractivity contribution >= 4 is 33.2 Å². The van der Waals surface area contributed by atoms with Crippen LogP contribution >= 0.6 is 0 Å². The van der Waals surface area contributed by atoms with E-state index in [9.17, 15) is 18.0 Å². The Morgan fingerprint density at radius 2 is 1.51 bits per heavy atom. The minimum absolute atomic E-state index is 0.0362. The SMILES string of the molecule is COc1ccc(C(=O)N2CCc3ccc(NC(=O)C4CCN(S(=O)(=O)c5cc(OC)ccc5OC)CC4)cc32)cc1. The normalized spacial score (nSPS) is 15.7. The van der Waals surface area contributed by atoms with Crippen molar-refractivity contribution in [2.75, 3.05) is 51.2 Å². The van der Waals surface area contributed by atoms with E-state index in [0.29, 0.717) is 42.1 Å². The topological polar surface area (TPSA) is 114 Å². The van der Waals surface area contributed by atoms with Gasteiger partial charge in [-0.05, 0) is 73.4 Å². The van der Waals surface area contributed by atoms with Gasteiger partial charge in [0.15, 0.2) is 0 Å². The maximum Gasteiger partial charge on any atom is 0.258 e. The molecule has 5 rings (SSSR count). The van der Waals surface area contributed by atoms with Gasteiger partial charge in [0.1, 0.15) is 22.1 Å². The molecule has 0 aromatic heterocycles. The van der Waals surface area contributed by atoms with Gasteiger partial charge in [0.05, 0.1) is 21.3 Å². The largest absolute Gasteiger partial charge is 0.497 e. The van der Waals surface area contributed by atoms with Crippen molar-refractivity contribution < 1.29 is 32.2 Å². The summed E-state index contributed by atoms with van der Waals surface area (Å²) in [6.45, 7) is 0.965. The first-order valence-electron chi connectivity index (χ1n) is 13.4. The van der Waals surface area contributed by atoms with Crippen LogP contribution in [0.2, 0.25) is 0 Å². The number of methoxy groups -OCH3 is 3. The summed E-state index contributed by atoms with van der Waals surface area (Å²) in [5.41, 5.74) is 2.97. The molecule has 41 heavy (non-hydrogen) atoms. The fraction of sp³-hybridized carbons (Fsp3) is 0.333. The van der Waals surface area contributed by atoms with E-state index in [0.717, 1.165) is 17.7 Å². The van der Waals surface area contributed by atoms with Crippen LogP contribution < -0.4 is 24.4 Å². The van der Waals surface area contributed by atoms with E-state index in [2.05, 4.69) is 5.32 Å². The summed E-state index contributed by atoms with van der Waals surface area (Å²) in [6, 6.07) is 17.2. The fourth-order valence-corrected chi connectivity index (χ4v) is 6.93. The number of benzene rings is 3. The summed E-state index contributed by atoms with van der Waals surface area (Å²) < 4.78 is 43.8. The monoisotopic (exact) mass is 579 g/mol. The number of fused-ring (bicyclic) bond motifs is 1. The standard InChI is InChI=1S/C30H33N3O7S/c1-38-24-8-5-22(6-9-24)30(35)33-17-14-20-4-7-23(18-26(20)33)31-29(34)21-12-15-32(16-13-21)41(36,37)28-19-25(39-2)10-11-27(28)40-3/h4-11,18-19,21H,12-17H2,1-3H3,(H,31,34). The predicted octanol–water partition coefficient (Wildman–Crippen LogP) is 3.95. The third kappa shape index (κ3) is 5.73. The lowest BCUT2D eigenvalue weighted by molar-refractivity contribution is -0.120. The molecule has 2 heterocycles. The number of nitrogens with zero attached hydrogens (tertiary/aromatic N) is 2. The van der Waals surface area contributed by atoms with Gasteiger partial charge in [-0.25, -0.2) is 8.42 Å². The number of rotatable bonds is 8. The van der Waals surface area contributed by atoms with Gasteiger partial charge < -0.3 is 24.4 Å². The van der Waals surface area contributed by atoms with E-state index in [1.165, 1.54) is 24.6 Å². The van der Waals surface area contributed by atoms with Crippen molar-refractivity contribution in [1.82, 2.24) is 4.31 Å². The molecule has 216 valence electrons. The summed E-state index contributed by atoms with van der Waals surface area (Å²) in [4.78, 5) is 28.1. The number of carbonyl (C=O) groups is 2. The Morgan fingerprint density at radius 1 is 0.829 bits per heavy atom. The summed E-state index contributed by atoms with van der Waals surface area (Å²) in [6.07, 6.45) is 1.49. The van der Waals surface area contributed by atoms with E-state index in [1.54, 1.807) is 48.4 Å². The molecule has 11 heteroatoms. The number of amides is 2. The molecule has 10 nitrogen and oxygen atoms in total. The Labute approximate surface area is 239 Å². The Kier molecular flexibility index (Phi) is 8.18. The quantitative estimate of drug-likeness (QED) is 0.430. The van der Waals surface area contributed by atoms with Crippen LogP contribution in [-0.4, -0.2) is 65.5 Å². The molecular weight excluding hydrogens is 546 g/mol. The van der Waals surface area contributed by atoms with Gasteiger partial charge in [0.2, 0.25) is 15.9 Å². The highest BCUT2D eigenvalue weighted by molar-refractivity contribution is 7.89. The molecule has 0 spiro atoms. The van der Waals surface area contributed by atoms with Gasteiger partial charge in [-0.1, -0.05) is 6.07 Å². The van der Waals surface area contributed by atoms with Crippen LogP contribution in [0.3, 0.4) is 0 Å². The van der Waals surface area contributed by atoms with E-state index >= 15 is 0 Å². The van der Waals surface area contributed by atoms with Crippen LogP contribution in [0, 0.1) is 5.92 Å². The maximum absolute atomic E-state index is 13.4. The van der Waals surface area contributed by atoms with E-state index in [4.69, 9.17) is 14.2 Å². The molecule has 2 aliphatic heterocycles. The smallest absolute Gasteiger partial charge is 0.258 e. The average Bonchev–Trinajstić information content (AvgIpc) is 3.43. The second kappa shape index (κ2) is 11.8. The molecule has 3 aromatic carbocycles. The summed E-state index contributed by atoms with van der Waals surface area (Å²) >= 11 is 0. The van der Waals surface area contributed by atoms with Crippen molar-refractivity contribution in [2.45, 2.75) is 24.2 Å². The number of hydrogen-bond donors (Lipinski definition) is 1. The lowest BCUT2D eigenvalue weighted by Gasteiger charge is -2.31. The number of sulfonamides is 1. The van der Waals surface area contributed by atoms with Crippen molar-refractivity contribution in [3.8, 4) is 17.2 Å². The lowest BCUT2D eigenvalue weighted by Crippen LogP contribution is -2.41. The van der Waals surface area contributed by atoms with Crippen LogP contribution in [0.15, 0.2) is 65.6 Å². The van der Waals surface area contributed by atoms with Crippen LogP contribution in [0.1, 0.15) is 28.8 Å². The molecule has 1 saturated heterocycles. The highest BCUT2D eigenvalue weighted by atomic mass is 32.2. The first-order chi connectivity index (χ1) is 19.7. The molecule has 1 N–H and O–H groups in total. The van der Waals surface area contributed by atoms with Crippen LogP contribution in [-0.2, 0) is 21.2 Å². The Hall–Kier alpha value is -4.09. The van der Waals surface area contributed by atoms with Crippen molar-refractivity contribution in [3.05, 3.63) is 71.8 Å². The number of ether oxygens (including phenoxy) is 3. The number of hydrogen-bond acceptors (Lipinski definition) is 7. The minimum Gasteiger partial charge on any atom is -0.497 e. The van der Waals surface area contributed by atoms with Gasteiger partial charge in [-0.3, -0.25) is 9.59 Å². The number of anilines is 2. The summed E-state index contributed by atoms with van der Waals surface area (Å²) in [7, 11) is 0.630. The summed E-state index contributed by atoms with van der Waals surface area (Å²) in [5.74, 6) is 0.693. The van der Waals surface area contributed by atoms with Crippen LogP contribution in [0.4, 0.5) is 11.4 Å². The highest BCUT2D eigenvalue weighted by Crippen LogP contribution is 2.34. The number of nitrogens with one attached hydrogen (secondary N) is 1. The van der Waals surface area contributed by atoms with Crippen molar-refractivity contribution in [3.63, 3.8) is 0 Å². The third-order valence-electron chi connectivity index (χ3n) is 7.64. The molecule has 2 aliphatic rings. The Balaban J connectivity index is 1.24. The molecule has 0 saturated carbocycles. The predicted molar refractivity (Wildman–Crippen MR) is 154 cm³/mol. The molecule has 0 atom stereocenters. The Bertz CT molecular complexity index is 1550. The van der Waals surface area contributed by atoms with E-state index in [1.807, 2.05) is 18.2 Å². The number of carbonyl (C=O) groups excluding carboxylic acids is 2. The van der Waals surface area contributed by atoms with Crippen molar-refractivity contribution in [1.29, 1.82) is 0 Å². The lowest BCUT2D eigenvalue weighted by atomic mass is 9.97. The molecule has 0 unspecified atom stereocenters. The average molecular weight is 580 g/mol. The van der Waals surface area contributed by atoms with Gasteiger partial charge in [0, 0.05) is 48.6 Å². The zero-order valence-electron chi connectivity index (χ0n) is 23.3. The van der Waals surface area contributed by atoms with Gasteiger partial charge in [-0.2, -0.15) is 4.31 Å². The fourth-order valence-electron chi connectivity index (χ4n) is 5.28. The van der Waals surface area contributed by atoms with E-state index < -0.39 is 10.0 Å². The van der Waals surface area contributed by atoms with Crippen LogP contribution in [0.5, 0.6) is 17.2 Å². The third-order valence-corrected chi connectivity index (χ3v) is 9.56. The molecular formula is C30H33N3O7S. The van der Waals surface area contributed by atoms with Gasteiger partial charge in [-0.15, -0.1) is 0 Å². The summed E-state index contributed by atoms with van der Waals surface area (Å²) in [5, 5.41) is 2.98. The zero-order valence-corrected chi connectivity index (χ0v) is 24.1.